The van der Waals surface area contributed by atoms with E-state index in [0.29, 0.717) is 12.8 Å². The fourth-order valence-electron chi connectivity index (χ4n) is 1.50. The SMILES string of the molecule is Nc1nnc(NC2CCS(=O)(=O)CC2)o1. The first-order valence-corrected chi connectivity index (χ1v) is 6.43. The lowest BCUT2D eigenvalue weighted by Gasteiger charge is -2.21. The van der Waals surface area contributed by atoms with Gasteiger partial charge in [0.15, 0.2) is 0 Å². The molecule has 1 aromatic heterocycles. The normalized spacial score (nSPS) is 21.3. The van der Waals surface area contributed by atoms with E-state index in [2.05, 4.69) is 15.5 Å². The quantitative estimate of drug-likeness (QED) is 0.716. The average Bonchev–Trinajstić information content (AvgIpc) is 2.55. The Morgan fingerprint density at radius 2 is 2.00 bits per heavy atom. The largest absolute Gasteiger partial charge is 0.390 e. The number of nitrogens with one attached hydrogen (secondary N) is 1. The summed E-state index contributed by atoms with van der Waals surface area (Å²) in [6, 6.07) is 0.311. The summed E-state index contributed by atoms with van der Waals surface area (Å²) in [6.45, 7) is 0. The lowest BCUT2D eigenvalue weighted by Crippen LogP contribution is -2.32. The summed E-state index contributed by atoms with van der Waals surface area (Å²) in [5.74, 6) is 0.405. The van der Waals surface area contributed by atoms with Gasteiger partial charge in [0, 0.05) is 6.04 Å². The number of nitrogens with zero attached hydrogens (tertiary/aromatic N) is 2. The maximum Gasteiger partial charge on any atom is 0.317 e. The Hall–Kier alpha value is -1.31. The number of aromatic nitrogens is 2. The summed E-state index contributed by atoms with van der Waals surface area (Å²) in [6.07, 6.45) is 1.12. The van der Waals surface area contributed by atoms with Gasteiger partial charge >= 0.3 is 12.0 Å². The number of hydrogen-bond acceptors (Lipinski definition) is 7. The lowest BCUT2D eigenvalue weighted by atomic mass is 10.2. The minimum Gasteiger partial charge on any atom is -0.390 e. The molecule has 1 aliphatic heterocycles. The van der Waals surface area contributed by atoms with Crippen molar-refractivity contribution < 1.29 is 12.8 Å². The van der Waals surface area contributed by atoms with Gasteiger partial charge in [-0.15, -0.1) is 0 Å². The van der Waals surface area contributed by atoms with Crippen molar-refractivity contribution in [3.05, 3.63) is 0 Å². The van der Waals surface area contributed by atoms with Crippen LogP contribution in [0.4, 0.5) is 12.0 Å². The van der Waals surface area contributed by atoms with E-state index in [1.54, 1.807) is 0 Å². The highest BCUT2D eigenvalue weighted by Crippen LogP contribution is 2.17. The van der Waals surface area contributed by atoms with Crippen LogP contribution in [0.3, 0.4) is 0 Å². The average molecular weight is 232 g/mol. The fraction of sp³-hybridized carbons (Fsp3) is 0.714. The minimum atomic E-state index is -2.83. The molecule has 0 aromatic carbocycles. The zero-order valence-corrected chi connectivity index (χ0v) is 8.83. The zero-order chi connectivity index (χ0) is 10.9. The third kappa shape index (κ3) is 2.58. The summed E-state index contributed by atoms with van der Waals surface area (Å²) in [4.78, 5) is 0. The molecule has 0 bridgehead atoms. The fourth-order valence-corrected chi connectivity index (χ4v) is 2.99. The van der Waals surface area contributed by atoms with Gasteiger partial charge in [0.05, 0.1) is 11.5 Å². The highest BCUT2D eigenvalue weighted by Gasteiger charge is 2.24. The third-order valence-corrected chi connectivity index (χ3v) is 4.04. The van der Waals surface area contributed by atoms with Crippen molar-refractivity contribution in [1.29, 1.82) is 0 Å². The van der Waals surface area contributed by atoms with E-state index >= 15 is 0 Å². The second-order valence-corrected chi connectivity index (χ2v) is 5.82. The van der Waals surface area contributed by atoms with Crippen molar-refractivity contribution in [3.8, 4) is 0 Å². The highest BCUT2D eigenvalue weighted by atomic mass is 32.2. The molecule has 0 saturated carbocycles. The van der Waals surface area contributed by atoms with Crippen molar-refractivity contribution in [1.82, 2.24) is 10.2 Å². The van der Waals surface area contributed by atoms with Crippen LogP contribution in [0.25, 0.3) is 0 Å². The number of rotatable bonds is 2. The van der Waals surface area contributed by atoms with Gasteiger partial charge in [0.2, 0.25) is 0 Å². The van der Waals surface area contributed by atoms with Crippen LogP contribution in [0.2, 0.25) is 0 Å². The Bertz CT molecular complexity index is 427. The maximum atomic E-state index is 11.2. The molecule has 8 heteroatoms. The summed E-state index contributed by atoms with van der Waals surface area (Å²) in [7, 11) is -2.83. The minimum absolute atomic E-state index is 0.000862. The van der Waals surface area contributed by atoms with E-state index in [-0.39, 0.29) is 29.6 Å². The highest BCUT2D eigenvalue weighted by molar-refractivity contribution is 7.91. The molecule has 1 aromatic rings. The Kier molecular flexibility index (Phi) is 2.51. The Morgan fingerprint density at radius 3 is 2.53 bits per heavy atom. The molecule has 0 spiro atoms. The van der Waals surface area contributed by atoms with Crippen molar-refractivity contribution in [2.45, 2.75) is 18.9 Å². The molecule has 0 unspecified atom stereocenters. The van der Waals surface area contributed by atoms with E-state index in [1.807, 2.05) is 0 Å². The van der Waals surface area contributed by atoms with Gasteiger partial charge in [-0.05, 0) is 12.8 Å². The molecule has 2 rings (SSSR count). The van der Waals surface area contributed by atoms with E-state index in [4.69, 9.17) is 10.2 Å². The van der Waals surface area contributed by atoms with Crippen molar-refractivity contribution >= 4 is 21.9 Å². The van der Waals surface area contributed by atoms with E-state index in [9.17, 15) is 8.42 Å². The summed E-state index contributed by atoms with van der Waals surface area (Å²) >= 11 is 0. The van der Waals surface area contributed by atoms with Gasteiger partial charge in [0.25, 0.3) is 0 Å². The third-order valence-electron chi connectivity index (χ3n) is 2.32. The first-order chi connectivity index (χ1) is 7.05. The van der Waals surface area contributed by atoms with Crippen LogP contribution >= 0.6 is 0 Å². The molecule has 2 heterocycles. The lowest BCUT2D eigenvalue weighted by molar-refractivity contribution is 0.536. The molecule has 0 aliphatic carbocycles. The van der Waals surface area contributed by atoms with Crippen LogP contribution in [-0.2, 0) is 9.84 Å². The molecule has 0 atom stereocenters. The van der Waals surface area contributed by atoms with Crippen LogP contribution < -0.4 is 11.1 Å². The molecular formula is C7H12N4O3S. The standard InChI is InChI=1S/C7H12N4O3S/c8-6-10-11-7(14-6)9-5-1-3-15(12,13)4-2-5/h5H,1-4H2,(H2,8,10)(H,9,11). The maximum absolute atomic E-state index is 11.2. The molecule has 7 nitrogen and oxygen atoms in total. The number of nitrogen functional groups attached to an aromatic ring is 1. The molecular weight excluding hydrogens is 220 g/mol. The van der Waals surface area contributed by atoms with Crippen LogP contribution in [0.5, 0.6) is 0 Å². The van der Waals surface area contributed by atoms with Crippen LogP contribution in [-0.4, -0.2) is 36.2 Å². The molecule has 3 N–H and O–H groups in total. The molecule has 15 heavy (non-hydrogen) atoms. The zero-order valence-electron chi connectivity index (χ0n) is 8.01. The van der Waals surface area contributed by atoms with Crippen LogP contribution in [0, 0.1) is 0 Å². The van der Waals surface area contributed by atoms with Crippen LogP contribution in [0.15, 0.2) is 4.42 Å². The first-order valence-electron chi connectivity index (χ1n) is 4.61. The van der Waals surface area contributed by atoms with Gasteiger partial charge in [-0.1, -0.05) is 10.2 Å². The van der Waals surface area contributed by atoms with Gasteiger partial charge in [-0.3, -0.25) is 0 Å². The Balaban J connectivity index is 1.92. The smallest absolute Gasteiger partial charge is 0.317 e. The molecule has 1 saturated heterocycles. The number of hydrogen-bond donors (Lipinski definition) is 2. The summed E-state index contributed by atoms with van der Waals surface area (Å²) < 4.78 is 27.2. The molecule has 84 valence electrons. The number of anilines is 2. The predicted octanol–water partition coefficient (Wildman–Crippen LogP) is -0.359. The van der Waals surface area contributed by atoms with E-state index in [1.165, 1.54) is 0 Å². The Morgan fingerprint density at radius 1 is 1.33 bits per heavy atom. The Labute approximate surface area is 87.0 Å². The van der Waals surface area contributed by atoms with Crippen molar-refractivity contribution in [2.75, 3.05) is 22.6 Å². The topological polar surface area (TPSA) is 111 Å². The van der Waals surface area contributed by atoms with Crippen LogP contribution in [0.1, 0.15) is 12.8 Å². The molecule has 1 fully saturated rings. The van der Waals surface area contributed by atoms with Gasteiger partial charge < -0.3 is 15.5 Å². The number of sulfone groups is 1. The van der Waals surface area contributed by atoms with Crippen molar-refractivity contribution in [2.24, 2.45) is 0 Å². The second kappa shape index (κ2) is 3.69. The molecule has 0 amide bonds. The van der Waals surface area contributed by atoms with E-state index < -0.39 is 9.84 Å². The predicted molar refractivity (Wildman–Crippen MR) is 54.0 cm³/mol. The van der Waals surface area contributed by atoms with Crippen molar-refractivity contribution in [3.63, 3.8) is 0 Å². The summed E-state index contributed by atoms with van der Waals surface area (Å²) in [5.41, 5.74) is 5.25. The summed E-state index contributed by atoms with van der Waals surface area (Å²) in [5, 5.41) is 10.1. The van der Waals surface area contributed by atoms with Gasteiger partial charge in [0.1, 0.15) is 9.84 Å². The first kappa shape index (κ1) is 10.2. The molecule has 0 radical (unpaired) electrons. The van der Waals surface area contributed by atoms with Gasteiger partial charge in [-0.2, -0.15) is 0 Å². The van der Waals surface area contributed by atoms with E-state index in [0.717, 1.165) is 0 Å². The second-order valence-electron chi connectivity index (χ2n) is 3.52. The van der Waals surface area contributed by atoms with Gasteiger partial charge in [-0.25, -0.2) is 8.42 Å². The number of nitrogens with two attached hydrogens (primary N) is 1. The molecule has 1 aliphatic rings. The monoisotopic (exact) mass is 232 g/mol.